The molecule has 1 fully saturated rings. The van der Waals surface area contributed by atoms with Crippen LogP contribution in [0.5, 0.6) is 0 Å². The maximum atomic E-state index is 12.9. The van der Waals surface area contributed by atoms with Gasteiger partial charge in [0, 0.05) is 43.5 Å². The van der Waals surface area contributed by atoms with Crippen molar-refractivity contribution in [3.8, 4) is 0 Å². The molecule has 4 rings (SSSR count). The molecule has 2 aromatic heterocycles. The molecule has 1 aromatic carbocycles. The SMILES string of the molecule is Cc1nnc([C@H]2CCCN(C(=O)c3ccc(Cn4ccnc4)cc3)C2)s1. The first-order valence-corrected chi connectivity index (χ1v) is 9.64. The molecule has 0 unspecified atom stereocenters. The number of piperidine rings is 1. The summed E-state index contributed by atoms with van der Waals surface area (Å²) in [4.78, 5) is 18.9. The first-order valence-electron chi connectivity index (χ1n) is 8.83. The van der Waals surface area contributed by atoms with Gasteiger partial charge in [-0.25, -0.2) is 4.98 Å². The Balaban J connectivity index is 1.43. The van der Waals surface area contributed by atoms with Gasteiger partial charge in [-0.2, -0.15) is 0 Å². The molecule has 1 atom stereocenters. The highest BCUT2D eigenvalue weighted by molar-refractivity contribution is 7.11. The number of rotatable bonds is 4. The second kappa shape index (κ2) is 7.37. The van der Waals surface area contributed by atoms with Crippen LogP contribution in [-0.4, -0.2) is 43.6 Å². The molecule has 6 nitrogen and oxygen atoms in total. The van der Waals surface area contributed by atoms with E-state index < -0.39 is 0 Å². The normalized spacial score (nSPS) is 17.4. The number of benzene rings is 1. The third-order valence-corrected chi connectivity index (χ3v) is 5.73. The number of aryl methyl sites for hydroxylation is 1. The molecule has 1 aliphatic heterocycles. The van der Waals surface area contributed by atoms with Crippen molar-refractivity contribution >= 4 is 17.2 Å². The van der Waals surface area contributed by atoms with Crippen LogP contribution in [0.3, 0.4) is 0 Å². The van der Waals surface area contributed by atoms with Crippen LogP contribution in [-0.2, 0) is 6.54 Å². The van der Waals surface area contributed by atoms with Gasteiger partial charge in [-0.3, -0.25) is 4.79 Å². The molecule has 7 heteroatoms. The summed E-state index contributed by atoms with van der Waals surface area (Å²) >= 11 is 1.64. The maximum Gasteiger partial charge on any atom is 0.253 e. The van der Waals surface area contributed by atoms with Crippen LogP contribution in [0.2, 0.25) is 0 Å². The zero-order valence-corrected chi connectivity index (χ0v) is 15.5. The van der Waals surface area contributed by atoms with E-state index in [-0.39, 0.29) is 5.91 Å². The van der Waals surface area contributed by atoms with Gasteiger partial charge in [0.25, 0.3) is 5.91 Å². The fraction of sp³-hybridized carbons (Fsp3) is 0.368. The van der Waals surface area contributed by atoms with Gasteiger partial charge in [0.15, 0.2) is 0 Å². The van der Waals surface area contributed by atoms with E-state index in [2.05, 4.69) is 15.2 Å². The summed E-state index contributed by atoms with van der Waals surface area (Å²) in [7, 11) is 0. The Kier molecular flexibility index (Phi) is 4.79. The summed E-state index contributed by atoms with van der Waals surface area (Å²) in [6, 6.07) is 7.88. The second-order valence-corrected chi connectivity index (χ2v) is 7.89. The Bertz CT molecular complexity index is 872. The monoisotopic (exact) mass is 367 g/mol. The molecule has 1 aliphatic rings. The van der Waals surface area contributed by atoms with Crippen molar-refractivity contribution < 1.29 is 4.79 Å². The molecular formula is C19H21N5OS. The van der Waals surface area contributed by atoms with E-state index in [1.807, 2.05) is 46.9 Å². The lowest BCUT2D eigenvalue weighted by atomic mass is 9.98. The zero-order valence-electron chi connectivity index (χ0n) is 14.7. The van der Waals surface area contributed by atoms with E-state index in [9.17, 15) is 4.79 Å². The number of likely N-dealkylation sites (tertiary alicyclic amines) is 1. The van der Waals surface area contributed by atoms with E-state index in [1.54, 1.807) is 23.9 Å². The minimum Gasteiger partial charge on any atom is -0.338 e. The largest absolute Gasteiger partial charge is 0.338 e. The Morgan fingerprint density at radius 2 is 2.12 bits per heavy atom. The van der Waals surface area contributed by atoms with Crippen LogP contribution in [0.4, 0.5) is 0 Å². The predicted molar refractivity (Wildman–Crippen MR) is 100 cm³/mol. The molecule has 0 radical (unpaired) electrons. The number of hydrogen-bond donors (Lipinski definition) is 0. The number of amides is 1. The minimum atomic E-state index is 0.102. The van der Waals surface area contributed by atoms with E-state index in [4.69, 9.17) is 0 Å². The van der Waals surface area contributed by atoms with Crippen molar-refractivity contribution in [2.75, 3.05) is 13.1 Å². The van der Waals surface area contributed by atoms with E-state index in [0.29, 0.717) is 5.92 Å². The van der Waals surface area contributed by atoms with Gasteiger partial charge in [0.2, 0.25) is 0 Å². The highest BCUT2D eigenvalue weighted by Crippen LogP contribution is 2.29. The molecule has 3 heterocycles. The van der Waals surface area contributed by atoms with Crippen molar-refractivity contribution in [2.45, 2.75) is 32.2 Å². The summed E-state index contributed by atoms with van der Waals surface area (Å²) in [6.07, 6.45) is 7.57. The molecule has 26 heavy (non-hydrogen) atoms. The number of imidazole rings is 1. The molecule has 1 amide bonds. The Morgan fingerprint density at radius 1 is 1.27 bits per heavy atom. The lowest BCUT2D eigenvalue weighted by Gasteiger charge is -2.31. The highest BCUT2D eigenvalue weighted by Gasteiger charge is 2.27. The van der Waals surface area contributed by atoms with Crippen LogP contribution in [0, 0.1) is 6.92 Å². The molecule has 0 spiro atoms. The van der Waals surface area contributed by atoms with Gasteiger partial charge in [0.05, 0.1) is 6.33 Å². The van der Waals surface area contributed by atoms with E-state index in [1.165, 1.54) is 0 Å². The smallest absolute Gasteiger partial charge is 0.253 e. The van der Waals surface area contributed by atoms with Crippen LogP contribution >= 0.6 is 11.3 Å². The third-order valence-electron chi connectivity index (χ3n) is 4.72. The first-order chi connectivity index (χ1) is 12.7. The van der Waals surface area contributed by atoms with Crippen LogP contribution in [0.1, 0.15) is 44.7 Å². The highest BCUT2D eigenvalue weighted by atomic mass is 32.1. The van der Waals surface area contributed by atoms with Crippen LogP contribution < -0.4 is 0 Å². The van der Waals surface area contributed by atoms with Crippen LogP contribution in [0.15, 0.2) is 43.0 Å². The van der Waals surface area contributed by atoms with Crippen LogP contribution in [0.25, 0.3) is 0 Å². The molecule has 0 N–H and O–H groups in total. The topological polar surface area (TPSA) is 63.9 Å². The molecule has 0 bridgehead atoms. The summed E-state index contributed by atoms with van der Waals surface area (Å²) in [5, 5.41) is 10.4. The fourth-order valence-electron chi connectivity index (χ4n) is 3.37. The van der Waals surface area contributed by atoms with Gasteiger partial charge in [-0.1, -0.05) is 12.1 Å². The van der Waals surface area contributed by atoms with Gasteiger partial charge in [0.1, 0.15) is 10.0 Å². The molecule has 0 saturated carbocycles. The van der Waals surface area contributed by atoms with Crippen molar-refractivity contribution in [1.82, 2.24) is 24.6 Å². The number of nitrogens with zero attached hydrogens (tertiary/aromatic N) is 5. The molecule has 134 valence electrons. The summed E-state index contributed by atoms with van der Waals surface area (Å²) in [5.74, 6) is 0.407. The van der Waals surface area contributed by atoms with E-state index in [0.717, 1.165) is 53.6 Å². The standard InChI is InChI=1S/C19H21N5OS/c1-14-21-22-18(26-14)17-3-2-9-24(12-17)19(25)16-6-4-15(5-7-16)11-23-10-8-20-13-23/h4-8,10,13,17H,2-3,9,11-12H2,1H3/t17-/m0/s1. The van der Waals surface area contributed by atoms with Crippen molar-refractivity contribution in [1.29, 1.82) is 0 Å². The van der Waals surface area contributed by atoms with E-state index >= 15 is 0 Å². The fourth-order valence-corrected chi connectivity index (χ4v) is 4.19. The summed E-state index contributed by atoms with van der Waals surface area (Å²) in [6.45, 7) is 4.27. The van der Waals surface area contributed by atoms with Gasteiger partial charge in [-0.05, 0) is 37.5 Å². The third kappa shape index (κ3) is 3.67. The average molecular weight is 367 g/mol. The lowest BCUT2D eigenvalue weighted by molar-refractivity contribution is 0.0707. The number of carbonyl (C=O) groups excluding carboxylic acids is 1. The summed E-state index contributed by atoms with van der Waals surface area (Å²) in [5.41, 5.74) is 1.90. The molecule has 0 aliphatic carbocycles. The number of carbonyl (C=O) groups is 1. The Labute approximate surface area is 156 Å². The maximum absolute atomic E-state index is 12.9. The molecular weight excluding hydrogens is 346 g/mol. The van der Waals surface area contributed by atoms with Crippen molar-refractivity contribution in [3.63, 3.8) is 0 Å². The van der Waals surface area contributed by atoms with Gasteiger partial charge in [-0.15, -0.1) is 21.5 Å². The number of hydrogen-bond acceptors (Lipinski definition) is 5. The van der Waals surface area contributed by atoms with Gasteiger partial charge < -0.3 is 9.47 Å². The number of aromatic nitrogens is 4. The lowest BCUT2D eigenvalue weighted by Crippen LogP contribution is -2.39. The minimum absolute atomic E-state index is 0.102. The quantitative estimate of drug-likeness (QED) is 0.711. The zero-order chi connectivity index (χ0) is 17.9. The molecule has 1 saturated heterocycles. The average Bonchev–Trinajstić information content (AvgIpc) is 3.34. The van der Waals surface area contributed by atoms with Crippen molar-refractivity contribution in [2.24, 2.45) is 0 Å². The Hall–Kier alpha value is -2.54. The predicted octanol–water partition coefficient (Wildman–Crippen LogP) is 3.11. The van der Waals surface area contributed by atoms with Crippen molar-refractivity contribution in [3.05, 3.63) is 64.1 Å². The van der Waals surface area contributed by atoms with Gasteiger partial charge >= 0.3 is 0 Å². The summed E-state index contributed by atoms with van der Waals surface area (Å²) < 4.78 is 2.01. The molecule has 3 aromatic rings. The first kappa shape index (κ1) is 16.9. The Morgan fingerprint density at radius 3 is 2.81 bits per heavy atom. The second-order valence-electron chi connectivity index (χ2n) is 6.68.